The SMILES string of the molecule is C=CCOc1ccccc1CN(CCc1ccccc1)C(=O)c1nn(C)c(=O)c2ccccc12. The van der Waals surface area contributed by atoms with E-state index in [0.717, 1.165) is 11.1 Å². The molecular weight excluding hydrogens is 426 g/mol. The molecule has 6 nitrogen and oxygen atoms in total. The summed E-state index contributed by atoms with van der Waals surface area (Å²) in [6.07, 6.45) is 2.38. The molecule has 0 saturated heterocycles. The monoisotopic (exact) mass is 453 g/mol. The Morgan fingerprint density at radius 2 is 1.68 bits per heavy atom. The first kappa shape index (κ1) is 23.0. The lowest BCUT2D eigenvalue weighted by atomic mass is 10.1. The Balaban J connectivity index is 1.72. The Hall–Kier alpha value is -4.19. The van der Waals surface area contributed by atoms with Crippen molar-refractivity contribution in [1.29, 1.82) is 0 Å². The zero-order valence-electron chi connectivity index (χ0n) is 19.2. The zero-order valence-corrected chi connectivity index (χ0v) is 19.2. The summed E-state index contributed by atoms with van der Waals surface area (Å²) in [7, 11) is 1.57. The molecule has 0 atom stereocenters. The van der Waals surface area contributed by atoms with Gasteiger partial charge in [0.15, 0.2) is 5.69 Å². The van der Waals surface area contributed by atoms with E-state index in [4.69, 9.17) is 4.74 Å². The molecule has 0 N–H and O–H groups in total. The van der Waals surface area contributed by atoms with Gasteiger partial charge in [-0.05, 0) is 24.1 Å². The summed E-state index contributed by atoms with van der Waals surface area (Å²) < 4.78 is 7.05. The highest BCUT2D eigenvalue weighted by Gasteiger charge is 2.23. The van der Waals surface area contributed by atoms with Gasteiger partial charge in [-0.1, -0.05) is 79.4 Å². The molecule has 0 saturated carbocycles. The maximum Gasteiger partial charge on any atom is 0.275 e. The molecule has 1 aromatic heterocycles. The number of hydrogen-bond acceptors (Lipinski definition) is 4. The molecule has 1 heterocycles. The second-order valence-corrected chi connectivity index (χ2v) is 7.99. The number of aryl methyl sites for hydroxylation is 1. The standard InChI is InChI=1S/C28H27N3O3/c1-3-19-34-25-16-10-7-13-22(25)20-31(18-17-21-11-5-4-6-12-21)28(33)26-23-14-8-9-15-24(23)27(32)30(2)29-26/h3-16H,1,17-20H2,2H3. The molecule has 0 bridgehead atoms. The highest BCUT2D eigenvalue weighted by molar-refractivity contribution is 6.04. The molecule has 3 aromatic carbocycles. The van der Waals surface area contributed by atoms with E-state index in [9.17, 15) is 9.59 Å². The molecule has 0 aliphatic rings. The molecule has 4 aromatic rings. The molecule has 1 amide bonds. The normalized spacial score (nSPS) is 10.7. The second kappa shape index (κ2) is 10.6. The zero-order chi connectivity index (χ0) is 23.9. The number of nitrogens with zero attached hydrogens (tertiary/aromatic N) is 3. The molecule has 34 heavy (non-hydrogen) atoms. The van der Waals surface area contributed by atoms with E-state index in [1.54, 1.807) is 36.2 Å². The molecule has 0 aliphatic carbocycles. The van der Waals surface area contributed by atoms with Gasteiger partial charge >= 0.3 is 0 Å². The lowest BCUT2D eigenvalue weighted by Gasteiger charge is -2.24. The minimum atomic E-state index is -0.235. The molecule has 172 valence electrons. The lowest BCUT2D eigenvalue weighted by Crippen LogP contribution is -2.35. The first-order valence-electron chi connectivity index (χ1n) is 11.2. The van der Waals surface area contributed by atoms with Crippen LogP contribution < -0.4 is 10.3 Å². The van der Waals surface area contributed by atoms with Crippen molar-refractivity contribution in [2.24, 2.45) is 7.05 Å². The van der Waals surface area contributed by atoms with Gasteiger partial charge in [0, 0.05) is 31.1 Å². The maximum atomic E-state index is 13.9. The van der Waals surface area contributed by atoms with Crippen LogP contribution >= 0.6 is 0 Å². The van der Waals surface area contributed by atoms with Gasteiger partial charge in [-0.15, -0.1) is 0 Å². The number of hydrogen-bond donors (Lipinski definition) is 0. The summed E-state index contributed by atoms with van der Waals surface area (Å²) in [5.74, 6) is 0.472. The van der Waals surface area contributed by atoms with Crippen LogP contribution in [-0.2, 0) is 20.0 Å². The van der Waals surface area contributed by atoms with Gasteiger partial charge < -0.3 is 9.64 Å². The average Bonchev–Trinajstić information content (AvgIpc) is 2.88. The van der Waals surface area contributed by atoms with Crippen LogP contribution in [0.3, 0.4) is 0 Å². The third kappa shape index (κ3) is 5.07. The Morgan fingerprint density at radius 1 is 1.00 bits per heavy atom. The highest BCUT2D eigenvalue weighted by atomic mass is 16.5. The van der Waals surface area contributed by atoms with E-state index >= 15 is 0 Å². The topological polar surface area (TPSA) is 64.4 Å². The molecule has 6 heteroatoms. The number of para-hydroxylation sites is 1. The van der Waals surface area contributed by atoms with Crippen molar-refractivity contribution in [3.63, 3.8) is 0 Å². The largest absolute Gasteiger partial charge is 0.489 e. The van der Waals surface area contributed by atoms with Crippen molar-refractivity contribution in [3.8, 4) is 5.75 Å². The quantitative estimate of drug-likeness (QED) is 0.353. The van der Waals surface area contributed by atoms with Gasteiger partial charge in [0.05, 0.1) is 5.39 Å². The maximum absolute atomic E-state index is 13.9. The Labute approximate surface area is 198 Å². The number of fused-ring (bicyclic) bond motifs is 1. The van der Waals surface area contributed by atoms with Gasteiger partial charge in [0.1, 0.15) is 12.4 Å². The van der Waals surface area contributed by atoms with E-state index in [0.29, 0.717) is 42.6 Å². The molecule has 0 radical (unpaired) electrons. The fourth-order valence-electron chi connectivity index (χ4n) is 3.90. The number of carbonyl (C=O) groups excluding carboxylic acids is 1. The van der Waals surface area contributed by atoms with Gasteiger partial charge in [-0.25, -0.2) is 4.68 Å². The van der Waals surface area contributed by atoms with Crippen LogP contribution in [0.5, 0.6) is 5.75 Å². The van der Waals surface area contributed by atoms with E-state index in [-0.39, 0.29) is 17.2 Å². The predicted molar refractivity (Wildman–Crippen MR) is 134 cm³/mol. The van der Waals surface area contributed by atoms with Crippen LogP contribution in [0.4, 0.5) is 0 Å². The van der Waals surface area contributed by atoms with E-state index in [1.165, 1.54) is 4.68 Å². The molecule has 4 rings (SSSR count). The number of ether oxygens (including phenoxy) is 1. The van der Waals surface area contributed by atoms with Crippen molar-refractivity contribution in [1.82, 2.24) is 14.7 Å². The summed E-state index contributed by atoms with van der Waals surface area (Å²) in [5, 5.41) is 5.38. The minimum Gasteiger partial charge on any atom is -0.489 e. The van der Waals surface area contributed by atoms with E-state index < -0.39 is 0 Å². The fourth-order valence-corrected chi connectivity index (χ4v) is 3.90. The van der Waals surface area contributed by atoms with Gasteiger partial charge in [0.25, 0.3) is 11.5 Å². The molecule has 0 fully saturated rings. The summed E-state index contributed by atoms with van der Waals surface area (Å²) in [6, 6.07) is 24.8. The predicted octanol–water partition coefficient (Wildman–Crippen LogP) is 4.38. The van der Waals surface area contributed by atoms with Gasteiger partial charge in [-0.2, -0.15) is 5.10 Å². The fraction of sp³-hybridized carbons (Fsp3) is 0.179. The van der Waals surface area contributed by atoms with Crippen molar-refractivity contribution >= 4 is 16.7 Å². The number of aromatic nitrogens is 2. The number of amides is 1. The highest BCUT2D eigenvalue weighted by Crippen LogP contribution is 2.22. The van der Waals surface area contributed by atoms with Crippen LogP contribution in [0, 0.1) is 0 Å². The number of rotatable bonds is 9. The van der Waals surface area contributed by atoms with Crippen LogP contribution in [0.2, 0.25) is 0 Å². The van der Waals surface area contributed by atoms with Gasteiger partial charge in [-0.3, -0.25) is 9.59 Å². The summed E-state index contributed by atoms with van der Waals surface area (Å²) in [4.78, 5) is 28.2. The summed E-state index contributed by atoms with van der Waals surface area (Å²) in [5.41, 5.74) is 2.05. The minimum absolute atomic E-state index is 0.230. The van der Waals surface area contributed by atoms with E-state index in [2.05, 4.69) is 11.7 Å². The molecule has 0 spiro atoms. The van der Waals surface area contributed by atoms with Crippen LogP contribution in [0.1, 0.15) is 21.6 Å². The van der Waals surface area contributed by atoms with Crippen molar-refractivity contribution in [2.75, 3.05) is 13.2 Å². The molecule has 0 aliphatic heterocycles. The van der Waals surface area contributed by atoms with E-state index in [1.807, 2.05) is 60.7 Å². The van der Waals surface area contributed by atoms with Crippen LogP contribution in [-0.4, -0.2) is 33.7 Å². The third-order valence-corrected chi connectivity index (χ3v) is 5.65. The smallest absolute Gasteiger partial charge is 0.275 e. The Bertz CT molecular complexity index is 1360. The van der Waals surface area contributed by atoms with Crippen molar-refractivity contribution in [3.05, 3.63) is 119 Å². The number of benzene rings is 3. The summed E-state index contributed by atoms with van der Waals surface area (Å²) in [6.45, 7) is 4.92. The Kier molecular flexibility index (Phi) is 7.18. The Morgan fingerprint density at radius 3 is 2.44 bits per heavy atom. The summed E-state index contributed by atoms with van der Waals surface area (Å²) >= 11 is 0. The van der Waals surface area contributed by atoms with Crippen LogP contribution in [0.25, 0.3) is 10.8 Å². The van der Waals surface area contributed by atoms with Crippen molar-refractivity contribution in [2.45, 2.75) is 13.0 Å². The lowest BCUT2D eigenvalue weighted by molar-refractivity contribution is 0.0737. The first-order valence-corrected chi connectivity index (χ1v) is 11.2. The third-order valence-electron chi connectivity index (χ3n) is 5.65. The average molecular weight is 454 g/mol. The number of carbonyl (C=O) groups is 1. The molecular formula is C28H27N3O3. The molecule has 0 unspecified atom stereocenters. The van der Waals surface area contributed by atoms with Crippen molar-refractivity contribution < 1.29 is 9.53 Å². The first-order chi connectivity index (χ1) is 16.6. The second-order valence-electron chi connectivity index (χ2n) is 7.99. The van der Waals surface area contributed by atoms with Gasteiger partial charge in [0.2, 0.25) is 0 Å². The van der Waals surface area contributed by atoms with Crippen LogP contribution in [0.15, 0.2) is 96.3 Å².